The molecule has 1 aromatic rings. The fourth-order valence-corrected chi connectivity index (χ4v) is 1.31. The summed E-state index contributed by atoms with van der Waals surface area (Å²) in [6, 6.07) is 6.54. The normalized spacial score (nSPS) is 14.3. The van der Waals surface area contributed by atoms with E-state index in [1.807, 2.05) is 0 Å². The third-order valence-corrected chi connectivity index (χ3v) is 2.07. The number of anilines is 1. The van der Waals surface area contributed by atoms with E-state index in [1.165, 1.54) is 0 Å². The number of guanidine groups is 1. The summed E-state index contributed by atoms with van der Waals surface area (Å²) in [5, 5.41) is 14.8. The smallest absolute Gasteiger partial charge is 0.335 e. The van der Waals surface area contributed by atoms with Gasteiger partial charge in [-0.05, 0) is 24.3 Å². The third kappa shape index (κ3) is 2.25. The summed E-state index contributed by atoms with van der Waals surface area (Å²) >= 11 is 0. The Morgan fingerprint density at radius 1 is 1.40 bits per heavy atom. The Kier molecular flexibility index (Phi) is 2.53. The maximum Gasteiger partial charge on any atom is 0.335 e. The lowest BCUT2D eigenvalue weighted by molar-refractivity contribution is 0.0697. The highest BCUT2D eigenvalue weighted by molar-refractivity contribution is 5.95. The monoisotopic (exact) mass is 205 g/mol. The van der Waals surface area contributed by atoms with E-state index in [2.05, 4.69) is 15.6 Å². The molecule has 5 heteroatoms. The maximum atomic E-state index is 10.6. The second kappa shape index (κ2) is 4.00. The van der Waals surface area contributed by atoms with Gasteiger partial charge in [-0.15, -0.1) is 0 Å². The van der Waals surface area contributed by atoms with Crippen molar-refractivity contribution in [3.8, 4) is 0 Å². The van der Waals surface area contributed by atoms with E-state index in [4.69, 9.17) is 5.11 Å². The fourth-order valence-electron chi connectivity index (χ4n) is 1.31. The van der Waals surface area contributed by atoms with E-state index in [9.17, 15) is 4.79 Å². The Bertz CT molecular complexity index is 398. The topological polar surface area (TPSA) is 73.7 Å². The largest absolute Gasteiger partial charge is 0.478 e. The molecule has 0 radical (unpaired) electrons. The van der Waals surface area contributed by atoms with Crippen LogP contribution in [-0.4, -0.2) is 30.1 Å². The van der Waals surface area contributed by atoms with Gasteiger partial charge in [-0.2, -0.15) is 0 Å². The molecule has 1 heterocycles. The van der Waals surface area contributed by atoms with Crippen LogP contribution >= 0.6 is 0 Å². The van der Waals surface area contributed by atoms with Crippen LogP contribution in [0, 0.1) is 0 Å². The van der Waals surface area contributed by atoms with E-state index in [0.717, 1.165) is 24.7 Å². The number of carbonyl (C=O) groups is 1. The van der Waals surface area contributed by atoms with Crippen molar-refractivity contribution in [3.05, 3.63) is 29.8 Å². The summed E-state index contributed by atoms with van der Waals surface area (Å²) < 4.78 is 0. The van der Waals surface area contributed by atoms with Crippen LogP contribution in [0.15, 0.2) is 29.3 Å². The molecular weight excluding hydrogens is 194 g/mol. The Hall–Kier alpha value is -2.04. The van der Waals surface area contributed by atoms with E-state index in [1.54, 1.807) is 24.3 Å². The van der Waals surface area contributed by atoms with Gasteiger partial charge in [-0.3, -0.25) is 4.99 Å². The molecule has 15 heavy (non-hydrogen) atoms. The van der Waals surface area contributed by atoms with Crippen LogP contribution in [0.5, 0.6) is 0 Å². The first-order valence-electron chi connectivity index (χ1n) is 4.64. The van der Waals surface area contributed by atoms with Gasteiger partial charge in [0.1, 0.15) is 0 Å². The summed E-state index contributed by atoms with van der Waals surface area (Å²) in [6.07, 6.45) is 0. The molecule has 0 atom stereocenters. The molecule has 0 aromatic heterocycles. The van der Waals surface area contributed by atoms with Crippen molar-refractivity contribution in [2.24, 2.45) is 4.99 Å². The SMILES string of the molecule is O=C(O)c1ccc(NC2=NCCN2)cc1. The lowest BCUT2D eigenvalue weighted by Gasteiger charge is -2.06. The summed E-state index contributed by atoms with van der Waals surface area (Å²) in [7, 11) is 0. The van der Waals surface area contributed by atoms with Crippen molar-refractivity contribution in [2.75, 3.05) is 18.4 Å². The number of carboxylic acid groups (broad SMARTS) is 1. The predicted octanol–water partition coefficient (Wildman–Crippen LogP) is 0.756. The maximum absolute atomic E-state index is 10.6. The summed E-state index contributed by atoms with van der Waals surface area (Å²) in [5.41, 5.74) is 1.11. The molecule has 1 aliphatic rings. The van der Waals surface area contributed by atoms with Gasteiger partial charge in [0.2, 0.25) is 0 Å². The van der Waals surface area contributed by atoms with Crippen LogP contribution in [-0.2, 0) is 0 Å². The molecule has 0 aliphatic carbocycles. The highest BCUT2D eigenvalue weighted by Gasteiger charge is 2.05. The number of aromatic carboxylic acids is 1. The highest BCUT2D eigenvalue weighted by atomic mass is 16.4. The molecule has 0 spiro atoms. The van der Waals surface area contributed by atoms with Crippen LogP contribution in [0.3, 0.4) is 0 Å². The van der Waals surface area contributed by atoms with Gasteiger partial charge < -0.3 is 15.7 Å². The standard InChI is InChI=1S/C10H11N3O2/c14-9(15)7-1-3-8(4-2-7)13-10-11-5-6-12-10/h1-4H,5-6H2,(H,14,15)(H2,11,12,13). The Balaban J connectivity index is 2.06. The summed E-state index contributed by atoms with van der Waals surface area (Å²) in [5.74, 6) is -0.184. The Labute approximate surface area is 86.8 Å². The van der Waals surface area contributed by atoms with Gasteiger partial charge in [0.05, 0.1) is 12.1 Å². The number of aliphatic imine (C=N–C) groups is 1. The van der Waals surface area contributed by atoms with Gasteiger partial charge >= 0.3 is 5.97 Å². The van der Waals surface area contributed by atoms with Gasteiger partial charge in [-0.1, -0.05) is 0 Å². The van der Waals surface area contributed by atoms with Crippen molar-refractivity contribution in [3.63, 3.8) is 0 Å². The second-order valence-electron chi connectivity index (χ2n) is 3.16. The summed E-state index contributed by atoms with van der Waals surface area (Å²) in [6.45, 7) is 1.62. The van der Waals surface area contributed by atoms with Crippen molar-refractivity contribution >= 4 is 17.6 Å². The van der Waals surface area contributed by atoms with E-state index in [-0.39, 0.29) is 5.56 Å². The highest BCUT2D eigenvalue weighted by Crippen LogP contribution is 2.09. The van der Waals surface area contributed by atoms with Crippen LogP contribution in [0.2, 0.25) is 0 Å². The number of nitrogens with zero attached hydrogens (tertiary/aromatic N) is 1. The van der Waals surface area contributed by atoms with E-state index in [0.29, 0.717) is 0 Å². The molecule has 0 unspecified atom stereocenters. The molecule has 1 aliphatic heterocycles. The zero-order valence-electron chi connectivity index (χ0n) is 8.03. The molecule has 0 saturated heterocycles. The zero-order valence-corrected chi connectivity index (χ0v) is 8.03. The minimum atomic E-state index is -0.919. The Morgan fingerprint density at radius 2 is 2.13 bits per heavy atom. The van der Waals surface area contributed by atoms with Gasteiger partial charge in [0, 0.05) is 12.2 Å². The molecular formula is C10H11N3O2. The lowest BCUT2D eigenvalue weighted by Crippen LogP contribution is -2.26. The second-order valence-corrected chi connectivity index (χ2v) is 3.16. The predicted molar refractivity (Wildman–Crippen MR) is 57.3 cm³/mol. The molecule has 0 fully saturated rings. The van der Waals surface area contributed by atoms with Crippen LogP contribution in [0.1, 0.15) is 10.4 Å². The van der Waals surface area contributed by atoms with Crippen molar-refractivity contribution in [2.45, 2.75) is 0 Å². The average molecular weight is 205 g/mol. The number of rotatable bonds is 2. The average Bonchev–Trinajstić information content (AvgIpc) is 2.71. The quantitative estimate of drug-likeness (QED) is 0.666. The Morgan fingerprint density at radius 3 is 2.67 bits per heavy atom. The number of hydrogen-bond acceptors (Lipinski definition) is 4. The van der Waals surface area contributed by atoms with Crippen molar-refractivity contribution < 1.29 is 9.90 Å². The lowest BCUT2D eigenvalue weighted by atomic mass is 10.2. The van der Waals surface area contributed by atoms with Gasteiger partial charge in [0.25, 0.3) is 0 Å². The number of hydrogen-bond donors (Lipinski definition) is 3. The first-order valence-corrected chi connectivity index (χ1v) is 4.64. The van der Waals surface area contributed by atoms with Gasteiger partial charge in [-0.25, -0.2) is 4.79 Å². The zero-order chi connectivity index (χ0) is 10.7. The molecule has 0 amide bonds. The summed E-state index contributed by atoms with van der Waals surface area (Å²) in [4.78, 5) is 14.8. The molecule has 5 nitrogen and oxygen atoms in total. The van der Waals surface area contributed by atoms with Crippen molar-refractivity contribution in [1.29, 1.82) is 0 Å². The first kappa shape index (κ1) is 9.51. The molecule has 0 bridgehead atoms. The van der Waals surface area contributed by atoms with Crippen LogP contribution in [0.25, 0.3) is 0 Å². The van der Waals surface area contributed by atoms with Crippen LogP contribution in [0.4, 0.5) is 5.69 Å². The molecule has 2 rings (SSSR count). The molecule has 78 valence electrons. The van der Waals surface area contributed by atoms with Crippen LogP contribution < -0.4 is 10.6 Å². The van der Waals surface area contributed by atoms with E-state index < -0.39 is 5.97 Å². The van der Waals surface area contributed by atoms with E-state index >= 15 is 0 Å². The minimum Gasteiger partial charge on any atom is -0.478 e. The molecule has 3 N–H and O–H groups in total. The van der Waals surface area contributed by atoms with Crippen molar-refractivity contribution in [1.82, 2.24) is 5.32 Å². The number of carboxylic acids is 1. The molecule has 1 aromatic carbocycles. The van der Waals surface area contributed by atoms with Gasteiger partial charge in [0.15, 0.2) is 5.96 Å². The number of benzene rings is 1. The molecule has 0 saturated carbocycles. The first-order chi connectivity index (χ1) is 7.25. The third-order valence-electron chi connectivity index (χ3n) is 2.07. The fraction of sp³-hybridized carbons (Fsp3) is 0.200. The minimum absolute atomic E-state index is 0.280. The number of nitrogens with one attached hydrogen (secondary N) is 2.